The molecule has 0 bridgehead atoms. The zero-order valence-electron chi connectivity index (χ0n) is 8.77. The Balaban J connectivity index is 2.50. The van der Waals surface area contributed by atoms with Crippen molar-refractivity contribution < 1.29 is 15.0 Å². The lowest BCUT2D eigenvalue weighted by Crippen LogP contribution is -2.43. The van der Waals surface area contributed by atoms with E-state index in [1.54, 1.807) is 19.3 Å². The van der Waals surface area contributed by atoms with Crippen LogP contribution in [0.2, 0.25) is 0 Å². The van der Waals surface area contributed by atoms with Crippen LogP contribution in [0.3, 0.4) is 0 Å². The average molecular weight is 213 g/mol. The third-order valence-corrected chi connectivity index (χ3v) is 1.92. The van der Waals surface area contributed by atoms with E-state index >= 15 is 0 Å². The average Bonchev–Trinajstić information content (AvgIpc) is 2.61. The highest BCUT2D eigenvalue weighted by molar-refractivity contribution is 5.92. The minimum Gasteiger partial charge on any atom is -0.393 e. The fraction of sp³-hybridized carbons (Fsp3) is 0.556. The Kier molecular flexibility index (Phi) is 3.43. The van der Waals surface area contributed by atoms with E-state index in [4.69, 9.17) is 5.11 Å². The Morgan fingerprint density at radius 3 is 2.87 bits per heavy atom. The molecule has 1 heterocycles. The van der Waals surface area contributed by atoms with E-state index in [1.807, 2.05) is 0 Å². The summed E-state index contributed by atoms with van der Waals surface area (Å²) in [4.78, 5) is 11.4. The lowest BCUT2D eigenvalue weighted by molar-refractivity contribution is 0.00316. The smallest absolute Gasteiger partial charge is 0.271 e. The van der Waals surface area contributed by atoms with Crippen LogP contribution < -0.4 is 5.32 Å². The molecule has 1 aromatic heterocycles. The van der Waals surface area contributed by atoms with Crippen LogP contribution in [0.25, 0.3) is 0 Å². The van der Waals surface area contributed by atoms with E-state index in [-0.39, 0.29) is 18.1 Å². The van der Waals surface area contributed by atoms with E-state index < -0.39 is 12.2 Å². The number of nitrogens with one attached hydrogen (secondary N) is 1. The van der Waals surface area contributed by atoms with Gasteiger partial charge in [0.1, 0.15) is 11.3 Å². The van der Waals surface area contributed by atoms with Crippen molar-refractivity contribution in [2.75, 3.05) is 13.2 Å². The second-order valence-corrected chi connectivity index (χ2v) is 3.71. The highest BCUT2D eigenvalue weighted by Crippen LogP contribution is 2.00. The summed E-state index contributed by atoms with van der Waals surface area (Å²) in [6.07, 6.45) is 1.65. The van der Waals surface area contributed by atoms with Gasteiger partial charge in [-0.25, -0.2) is 0 Å². The van der Waals surface area contributed by atoms with Crippen LogP contribution in [-0.4, -0.2) is 44.7 Å². The van der Waals surface area contributed by atoms with Crippen molar-refractivity contribution in [2.45, 2.75) is 12.5 Å². The van der Waals surface area contributed by atoms with Crippen LogP contribution in [0.15, 0.2) is 12.3 Å². The Hall–Kier alpha value is -1.40. The molecule has 0 aromatic carbocycles. The molecular formula is C9H15N3O3. The standard InChI is InChI=1S/C9H15N3O3/c1-9(15,6-13)5-10-8(14)7-3-4-12(2)11-7/h3-4,13,15H,5-6H2,1-2H3,(H,10,14). The summed E-state index contributed by atoms with van der Waals surface area (Å²) in [5.41, 5.74) is -1.02. The number of amides is 1. The van der Waals surface area contributed by atoms with Gasteiger partial charge in [0.05, 0.1) is 6.61 Å². The predicted octanol–water partition coefficient (Wildman–Crippen LogP) is -1.11. The van der Waals surface area contributed by atoms with E-state index in [0.29, 0.717) is 0 Å². The monoisotopic (exact) mass is 213 g/mol. The molecule has 0 aliphatic carbocycles. The maximum atomic E-state index is 11.4. The molecule has 1 atom stereocenters. The highest BCUT2D eigenvalue weighted by atomic mass is 16.3. The van der Waals surface area contributed by atoms with Crippen LogP contribution in [-0.2, 0) is 7.05 Å². The largest absolute Gasteiger partial charge is 0.393 e. The summed E-state index contributed by atoms with van der Waals surface area (Å²) in [7, 11) is 1.71. The molecule has 1 rings (SSSR count). The number of aryl methyl sites for hydroxylation is 1. The van der Waals surface area contributed by atoms with Crippen LogP contribution in [0.4, 0.5) is 0 Å². The molecule has 1 amide bonds. The first-order valence-corrected chi connectivity index (χ1v) is 4.56. The molecule has 0 aliphatic heterocycles. The van der Waals surface area contributed by atoms with Gasteiger partial charge in [-0.1, -0.05) is 0 Å². The lowest BCUT2D eigenvalue weighted by atomic mass is 10.1. The highest BCUT2D eigenvalue weighted by Gasteiger charge is 2.20. The fourth-order valence-corrected chi connectivity index (χ4v) is 0.953. The number of hydrogen-bond acceptors (Lipinski definition) is 4. The normalized spacial score (nSPS) is 14.7. The van der Waals surface area contributed by atoms with Crippen LogP contribution in [0.5, 0.6) is 0 Å². The van der Waals surface area contributed by atoms with Gasteiger partial charge in [-0.3, -0.25) is 9.48 Å². The van der Waals surface area contributed by atoms with Crippen molar-refractivity contribution in [3.63, 3.8) is 0 Å². The molecule has 1 unspecified atom stereocenters. The van der Waals surface area contributed by atoms with Crippen LogP contribution >= 0.6 is 0 Å². The topological polar surface area (TPSA) is 87.4 Å². The molecule has 15 heavy (non-hydrogen) atoms. The minimum atomic E-state index is -1.30. The van der Waals surface area contributed by atoms with E-state index in [2.05, 4.69) is 10.4 Å². The second kappa shape index (κ2) is 4.41. The van der Waals surface area contributed by atoms with E-state index in [9.17, 15) is 9.90 Å². The Morgan fingerprint density at radius 2 is 2.40 bits per heavy atom. The molecular weight excluding hydrogens is 198 g/mol. The Labute approximate surface area is 87.5 Å². The minimum absolute atomic E-state index is 0.0150. The van der Waals surface area contributed by atoms with Crippen molar-refractivity contribution in [1.82, 2.24) is 15.1 Å². The molecule has 0 spiro atoms. The SMILES string of the molecule is Cn1ccc(C(=O)NCC(C)(O)CO)n1. The van der Waals surface area contributed by atoms with Gasteiger partial charge in [0.25, 0.3) is 5.91 Å². The number of carbonyl (C=O) groups excluding carboxylic acids is 1. The van der Waals surface area contributed by atoms with Crippen molar-refractivity contribution in [3.05, 3.63) is 18.0 Å². The fourth-order valence-electron chi connectivity index (χ4n) is 0.953. The van der Waals surface area contributed by atoms with Crippen molar-refractivity contribution in [1.29, 1.82) is 0 Å². The summed E-state index contributed by atoms with van der Waals surface area (Å²) in [6.45, 7) is 1.01. The summed E-state index contributed by atoms with van der Waals surface area (Å²) in [6, 6.07) is 1.57. The van der Waals surface area contributed by atoms with Crippen molar-refractivity contribution >= 4 is 5.91 Å². The molecule has 0 fully saturated rings. The van der Waals surface area contributed by atoms with E-state index in [0.717, 1.165) is 0 Å². The maximum Gasteiger partial charge on any atom is 0.271 e. The zero-order valence-corrected chi connectivity index (χ0v) is 8.77. The molecule has 3 N–H and O–H groups in total. The summed E-state index contributed by atoms with van der Waals surface area (Å²) in [5.74, 6) is -0.371. The van der Waals surface area contributed by atoms with Gasteiger partial charge >= 0.3 is 0 Å². The zero-order chi connectivity index (χ0) is 11.5. The second-order valence-electron chi connectivity index (χ2n) is 3.71. The third-order valence-electron chi connectivity index (χ3n) is 1.92. The molecule has 6 heteroatoms. The van der Waals surface area contributed by atoms with Crippen LogP contribution in [0, 0.1) is 0 Å². The quantitative estimate of drug-likeness (QED) is 0.592. The number of aromatic nitrogens is 2. The molecule has 0 aliphatic rings. The van der Waals surface area contributed by atoms with E-state index in [1.165, 1.54) is 11.6 Å². The summed E-state index contributed by atoms with van der Waals surface area (Å²) in [5, 5.41) is 24.6. The number of aliphatic hydroxyl groups excluding tert-OH is 1. The van der Waals surface area contributed by atoms with Gasteiger partial charge < -0.3 is 15.5 Å². The molecule has 0 radical (unpaired) electrons. The Bertz CT molecular complexity index is 346. The number of carbonyl (C=O) groups is 1. The van der Waals surface area contributed by atoms with Gasteiger partial charge in [0.2, 0.25) is 0 Å². The first kappa shape index (κ1) is 11.7. The van der Waals surface area contributed by atoms with Gasteiger partial charge in [-0.15, -0.1) is 0 Å². The molecule has 1 aromatic rings. The first-order chi connectivity index (χ1) is 6.94. The number of nitrogens with zero attached hydrogens (tertiary/aromatic N) is 2. The lowest BCUT2D eigenvalue weighted by Gasteiger charge is -2.20. The van der Waals surface area contributed by atoms with Gasteiger partial charge in [0.15, 0.2) is 0 Å². The molecule has 6 nitrogen and oxygen atoms in total. The number of hydrogen-bond donors (Lipinski definition) is 3. The third kappa shape index (κ3) is 3.34. The molecule has 0 saturated carbocycles. The first-order valence-electron chi connectivity index (χ1n) is 4.56. The van der Waals surface area contributed by atoms with Gasteiger partial charge in [-0.2, -0.15) is 5.10 Å². The number of rotatable bonds is 4. The maximum absolute atomic E-state index is 11.4. The Morgan fingerprint density at radius 1 is 1.73 bits per heavy atom. The summed E-state index contributed by atoms with van der Waals surface area (Å²) >= 11 is 0. The van der Waals surface area contributed by atoms with Gasteiger partial charge in [0, 0.05) is 19.8 Å². The van der Waals surface area contributed by atoms with Crippen molar-refractivity contribution in [3.8, 4) is 0 Å². The molecule has 0 saturated heterocycles. The van der Waals surface area contributed by atoms with Crippen molar-refractivity contribution in [2.24, 2.45) is 7.05 Å². The van der Waals surface area contributed by atoms with Gasteiger partial charge in [-0.05, 0) is 13.0 Å². The van der Waals surface area contributed by atoms with Crippen LogP contribution in [0.1, 0.15) is 17.4 Å². The number of aliphatic hydroxyl groups is 2. The predicted molar refractivity (Wildman–Crippen MR) is 53.3 cm³/mol. The molecule has 84 valence electrons. The summed E-state index contributed by atoms with van der Waals surface area (Å²) < 4.78 is 1.51.